The predicted octanol–water partition coefficient (Wildman–Crippen LogP) is 4.54. The maximum atomic E-state index is 13.5. The summed E-state index contributed by atoms with van der Waals surface area (Å²) in [5, 5.41) is 0. The normalized spacial score (nSPS) is 12.7. The van der Waals surface area contributed by atoms with E-state index in [-0.39, 0.29) is 16.8 Å². The molecule has 1 atom stereocenters. The van der Waals surface area contributed by atoms with Crippen LogP contribution in [0.3, 0.4) is 0 Å². The van der Waals surface area contributed by atoms with Crippen LogP contribution in [0.4, 0.5) is 8.78 Å². The van der Waals surface area contributed by atoms with Crippen LogP contribution in [0.25, 0.3) is 0 Å². The summed E-state index contributed by atoms with van der Waals surface area (Å²) < 4.78 is 32.1. The van der Waals surface area contributed by atoms with E-state index in [2.05, 4.69) is 15.9 Å². The number of hydrogen-bond acceptors (Lipinski definition) is 1. The second-order valence-corrected chi connectivity index (χ2v) is 4.91. The largest absolute Gasteiger partial charge is 0.469 e. The van der Waals surface area contributed by atoms with Gasteiger partial charge in [0.05, 0.1) is 6.26 Å². The highest BCUT2D eigenvalue weighted by molar-refractivity contribution is 9.09. The maximum Gasteiger partial charge on any atom is 0.129 e. The molecule has 0 saturated carbocycles. The Kier molecular flexibility index (Phi) is 3.62. The molecule has 0 N–H and O–H groups in total. The lowest BCUT2D eigenvalue weighted by atomic mass is 10.0. The van der Waals surface area contributed by atoms with Gasteiger partial charge in [0.1, 0.15) is 17.4 Å². The smallest absolute Gasteiger partial charge is 0.129 e. The lowest BCUT2D eigenvalue weighted by molar-refractivity contribution is 0.527. The molecule has 2 aromatic rings. The molecule has 0 aliphatic carbocycles. The minimum atomic E-state index is -0.518. The van der Waals surface area contributed by atoms with Crippen molar-refractivity contribution in [3.05, 3.63) is 59.1 Å². The van der Waals surface area contributed by atoms with E-state index in [4.69, 9.17) is 4.42 Å². The second-order valence-electron chi connectivity index (χ2n) is 3.80. The Bertz CT molecular complexity index is 502. The third-order valence-corrected chi connectivity index (χ3v) is 3.50. The van der Waals surface area contributed by atoms with E-state index in [1.54, 1.807) is 12.3 Å². The van der Waals surface area contributed by atoms with Crippen molar-refractivity contribution in [2.75, 3.05) is 0 Å². The second kappa shape index (κ2) is 5.00. The summed E-state index contributed by atoms with van der Waals surface area (Å²) in [5.74, 6) is -0.283. The first-order chi connectivity index (χ1) is 8.09. The molecule has 0 fully saturated rings. The molecule has 1 aromatic carbocycles. The molecule has 4 heteroatoms. The van der Waals surface area contributed by atoms with Crippen LogP contribution in [0.5, 0.6) is 0 Å². The third kappa shape index (κ3) is 2.57. The summed E-state index contributed by atoms with van der Waals surface area (Å²) in [6, 6.07) is 5.69. The number of aryl methyl sites for hydroxylation is 1. The van der Waals surface area contributed by atoms with Gasteiger partial charge in [-0.05, 0) is 31.5 Å². The van der Waals surface area contributed by atoms with Crippen molar-refractivity contribution in [3.8, 4) is 0 Å². The lowest BCUT2D eigenvalue weighted by Gasteiger charge is -2.10. The van der Waals surface area contributed by atoms with Crippen molar-refractivity contribution in [2.24, 2.45) is 0 Å². The highest BCUT2D eigenvalue weighted by atomic mass is 79.9. The average Bonchev–Trinajstić information content (AvgIpc) is 2.70. The molecule has 1 aromatic heterocycles. The maximum absolute atomic E-state index is 13.5. The fourth-order valence-electron chi connectivity index (χ4n) is 1.74. The molecule has 0 saturated heterocycles. The molecule has 1 heterocycles. The van der Waals surface area contributed by atoms with Crippen molar-refractivity contribution < 1.29 is 13.2 Å². The highest BCUT2D eigenvalue weighted by Gasteiger charge is 2.17. The topological polar surface area (TPSA) is 13.1 Å². The Labute approximate surface area is 107 Å². The van der Waals surface area contributed by atoms with Gasteiger partial charge in [-0.25, -0.2) is 8.78 Å². The molecule has 90 valence electrons. The number of hydrogen-bond donors (Lipinski definition) is 0. The first-order valence-corrected chi connectivity index (χ1v) is 6.12. The van der Waals surface area contributed by atoms with Gasteiger partial charge in [-0.15, -0.1) is 0 Å². The van der Waals surface area contributed by atoms with Crippen LogP contribution in [0.2, 0.25) is 0 Å². The molecule has 2 rings (SSSR count). The van der Waals surface area contributed by atoms with E-state index in [1.807, 2.05) is 6.92 Å². The van der Waals surface area contributed by atoms with Crippen LogP contribution in [0.1, 0.15) is 21.7 Å². The minimum Gasteiger partial charge on any atom is -0.469 e. The van der Waals surface area contributed by atoms with E-state index in [9.17, 15) is 8.78 Å². The Morgan fingerprint density at radius 2 is 1.88 bits per heavy atom. The Morgan fingerprint density at radius 1 is 1.24 bits per heavy atom. The van der Waals surface area contributed by atoms with Crippen LogP contribution < -0.4 is 0 Å². The number of rotatable bonds is 3. The fraction of sp³-hybridized carbons (Fsp3) is 0.231. The number of halogens is 3. The fourth-order valence-corrected chi connectivity index (χ4v) is 2.53. The number of alkyl halides is 1. The number of benzene rings is 1. The van der Waals surface area contributed by atoms with Crippen molar-refractivity contribution in [3.63, 3.8) is 0 Å². The minimum absolute atomic E-state index is 0.0926. The number of furan rings is 1. The van der Waals surface area contributed by atoms with Crippen LogP contribution in [0.15, 0.2) is 34.9 Å². The van der Waals surface area contributed by atoms with Gasteiger partial charge < -0.3 is 4.42 Å². The van der Waals surface area contributed by atoms with E-state index < -0.39 is 11.6 Å². The van der Waals surface area contributed by atoms with Crippen molar-refractivity contribution >= 4 is 15.9 Å². The summed E-state index contributed by atoms with van der Waals surface area (Å²) in [7, 11) is 0. The van der Waals surface area contributed by atoms with Gasteiger partial charge in [-0.1, -0.05) is 22.0 Å². The molecular weight excluding hydrogens is 290 g/mol. The van der Waals surface area contributed by atoms with Crippen LogP contribution in [-0.4, -0.2) is 0 Å². The molecule has 17 heavy (non-hydrogen) atoms. The predicted molar refractivity (Wildman–Crippen MR) is 65.2 cm³/mol. The zero-order chi connectivity index (χ0) is 12.4. The van der Waals surface area contributed by atoms with Gasteiger partial charge in [0.2, 0.25) is 0 Å². The summed E-state index contributed by atoms with van der Waals surface area (Å²) in [6.07, 6.45) is 1.81. The summed E-state index contributed by atoms with van der Waals surface area (Å²) in [4.78, 5) is -0.160. The average molecular weight is 301 g/mol. The molecule has 0 spiro atoms. The van der Waals surface area contributed by atoms with Gasteiger partial charge >= 0.3 is 0 Å². The molecule has 0 aliphatic rings. The van der Waals surface area contributed by atoms with E-state index >= 15 is 0 Å². The molecular formula is C13H11BrF2O. The van der Waals surface area contributed by atoms with Crippen molar-refractivity contribution in [2.45, 2.75) is 18.2 Å². The van der Waals surface area contributed by atoms with E-state index in [0.717, 1.165) is 11.3 Å². The van der Waals surface area contributed by atoms with Crippen molar-refractivity contribution in [1.29, 1.82) is 0 Å². The van der Waals surface area contributed by atoms with Gasteiger partial charge in [0.15, 0.2) is 0 Å². The zero-order valence-electron chi connectivity index (χ0n) is 9.21. The zero-order valence-corrected chi connectivity index (χ0v) is 10.8. The first kappa shape index (κ1) is 12.3. The van der Waals surface area contributed by atoms with Gasteiger partial charge in [0.25, 0.3) is 0 Å². The summed E-state index contributed by atoms with van der Waals surface area (Å²) in [5.41, 5.74) is 1.00. The molecule has 1 unspecified atom stereocenters. The van der Waals surface area contributed by atoms with E-state index in [1.165, 1.54) is 18.2 Å². The Hall–Kier alpha value is -1.16. The first-order valence-electron chi connectivity index (χ1n) is 5.20. The van der Waals surface area contributed by atoms with Crippen LogP contribution in [0, 0.1) is 18.6 Å². The standard InChI is InChI=1S/C13H11BrF2O/c1-8-9(5-6-17-8)11(14)7-10-12(15)3-2-4-13(10)16/h2-6,11H,7H2,1H3. The summed E-state index contributed by atoms with van der Waals surface area (Å²) in [6.45, 7) is 1.82. The Balaban J connectivity index is 2.25. The quantitative estimate of drug-likeness (QED) is 0.758. The monoisotopic (exact) mass is 300 g/mol. The molecule has 1 nitrogen and oxygen atoms in total. The summed E-state index contributed by atoms with van der Waals surface area (Å²) >= 11 is 3.43. The SMILES string of the molecule is Cc1occc1C(Br)Cc1c(F)cccc1F. The van der Waals surface area contributed by atoms with Crippen molar-refractivity contribution in [1.82, 2.24) is 0 Å². The van der Waals surface area contributed by atoms with Crippen LogP contribution in [-0.2, 0) is 6.42 Å². The van der Waals surface area contributed by atoms with Gasteiger partial charge in [-0.2, -0.15) is 0 Å². The van der Waals surface area contributed by atoms with Crippen LogP contribution >= 0.6 is 15.9 Å². The molecule has 0 radical (unpaired) electrons. The Morgan fingerprint density at radius 3 is 2.41 bits per heavy atom. The van der Waals surface area contributed by atoms with E-state index in [0.29, 0.717) is 0 Å². The molecule has 0 bridgehead atoms. The van der Waals surface area contributed by atoms with Gasteiger partial charge in [0, 0.05) is 16.0 Å². The third-order valence-electron chi connectivity index (χ3n) is 2.68. The van der Waals surface area contributed by atoms with Gasteiger partial charge in [-0.3, -0.25) is 0 Å². The molecule has 0 aliphatic heterocycles. The lowest BCUT2D eigenvalue weighted by Crippen LogP contribution is -2.01. The highest BCUT2D eigenvalue weighted by Crippen LogP contribution is 2.31. The molecule has 0 amide bonds.